The molecular formula is C15H16N2O2. The Hall–Kier alpha value is -2.36. The van der Waals surface area contributed by atoms with Crippen molar-refractivity contribution >= 4 is 0 Å². The fourth-order valence-electron chi connectivity index (χ4n) is 1.90. The van der Waals surface area contributed by atoms with Gasteiger partial charge in [-0.1, -0.05) is 36.4 Å². The lowest BCUT2D eigenvalue weighted by Crippen LogP contribution is -2.40. The average Bonchev–Trinajstić information content (AvgIpc) is 2.44. The molecule has 1 heterocycles. The van der Waals surface area contributed by atoms with Gasteiger partial charge in [0.2, 0.25) is 0 Å². The van der Waals surface area contributed by atoms with E-state index in [1.165, 1.54) is 9.13 Å². The van der Waals surface area contributed by atoms with Gasteiger partial charge in [-0.05, 0) is 12.0 Å². The zero-order chi connectivity index (χ0) is 13.7. The fourth-order valence-corrected chi connectivity index (χ4v) is 1.90. The molecule has 0 atom stereocenters. The number of hydrogen-bond acceptors (Lipinski definition) is 2. The van der Waals surface area contributed by atoms with Crippen molar-refractivity contribution in [1.82, 2.24) is 9.13 Å². The Labute approximate surface area is 111 Å². The Balaban J connectivity index is 2.18. The minimum Gasteiger partial charge on any atom is -0.309 e. The predicted octanol–water partition coefficient (Wildman–Crippen LogP) is 1.44. The highest BCUT2D eigenvalue weighted by atomic mass is 16.2. The molecule has 0 bridgehead atoms. The first-order valence-corrected chi connectivity index (χ1v) is 6.17. The van der Waals surface area contributed by atoms with E-state index in [-0.39, 0.29) is 0 Å². The Morgan fingerprint density at radius 3 is 2.32 bits per heavy atom. The van der Waals surface area contributed by atoms with Crippen LogP contribution in [0.2, 0.25) is 0 Å². The van der Waals surface area contributed by atoms with Crippen LogP contribution in [0.3, 0.4) is 0 Å². The second-order valence-corrected chi connectivity index (χ2v) is 4.28. The molecule has 98 valence electrons. The maximum Gasteiger partial charge on any atom is 0.316 e. The highest BCUT2D eigenvalue weighted by molar-refractivity contribution is 5.14. The molecule has 2 rings (SSSR count). The van der Waals surface area contributed by atoms with Crippen molar-refractivity contribution in [2.24, 2.45) is 0 Å². The van der Waals surface area contributed by atoms with Crippen LogP contribution in [-0.4, -0.2) is 9.13 Å². The van der Waals surface area contributed by atoms with Gasteiger partial charge in [-0.15, -0.1) is 6.58 Å². The second kappa shape index (κ2) is 6.00. The monoisotopic (exact) mass is 256 g/mol. The summed E-state index contributed by atoms with van der Waals surface area (Å²) in [5.41, 5.74) is 0.153. The van der Waals surface area contributed by atoms with Crippen LogP contribution in [0.5, 0.6) is 0 Å². The van der Waals surface area contributed by atoms with Gasteiger partial charge in [0.05, 0.1) is 0 Å². The molecule has 19 heavy (non-hydrogen) atoms. The summed E-state index contributed by atoms with van der Waals surface area (Å²) in [7, 11) is 0. The van der Waals surface area contributed by atoms with Crippen molar-refractivity contribution in [3.63, 3.8) is 0 Å². The van der Waals surface area contributed by atoms with E-state index in [2.05, 4.69) is 6.58 Å². The largest absolute Gasteiger partial charge is 0.316 e. The molecule has 0 aliphatic rings. The van der Waals surface area contributed by atoms with Gasteiger partial charge in [0.15, 0.2) is 0 Å². The molecule has 4 heteroatoms. The molecule has 0 radical (unpaired) electrons. The van der Waals surface area contributed by atoms with Gasteiger partial charge in [-0.25, -0.2) is 0 Å². The van der Waals surface area contributed by atoms with E-state index in [1.807, 2.05) is 30.3 Å². The summed E-state index contributed by atoms with van der Waals surface area (Å²) < 4.78 is 2.81. The average molecular weight is 256 g/mol. The van der Waals surface area contributed by atoms with Crippen LogP contribution in [0.15, 0.2) is 65.0 Å². The number of nitrogens with zero attached hydrogens (tertiary/aromatic N) is 2. The molecule has 0 aliphatic carbocycles. The third kappa shape index (κ3) is 3.10. The number of rotatable bonds is 5. The molecule has 0 spiro atoms. The van der Waals surface area contributed by atoms with Gasteiger partial charge in [-0.3, -0.25) is 9.59 Å². The third-order valence-electron chi connectivity index (χ3n) is 2.94. The molecule has 4 nitrogen and oxygen atoms in total. The van der Waals surface area contributed by atoms with Crippen LogP contribution in [0.1, 0.15) is 5.56 Å². The third-order valence-corrected chi connectivity index (χ3v) is 2.94. The molecule has 0 N–H and O–H groups in total. The first-order chi connectivity index (χ1) is 9.22. The van der Waals surface area contributed by atoms with Crippen LogP contribution in [0.25, 0.3) is 0 Å². The van der Waals surface area contributed by atoms with E-state index in [9.17, 15) is 9.59 Å². The van der Waals surface area contributed by atoms with E-state index >= 15 is 0 Å². The van der Waals surface area contributed by atoms with Crippen molar-refractivity contribution < 1.29 is 0 Å². The number of aromatic nitrogens is 2. The van der Waals surface area contributed by atoms with E-state index in [0.29, 0.717) is 13.1 Å². The van der Waals surface area contributed by atoms with Crippen LogP contribution in [-0.2, 0) is 19.5 Å². The SMILES string of the molecule is C=CCn1ccn(CCc2ccccc2)c(=O)c1=O. The topological polar surface area (TPSA) is 44.0 Å². The van der Waals surface area contributed by atoms with Crippen LogP contribution in [0.4, 0.5) is 0 Å². The Morgan fingerprint density at radius 1 is 1.00 bits per heavy atom. The van der Waals surface area contributed by atoms with Crippen molar-refractivity contribution in [1.29, 1.82) is 0 Å². The Kier molecular flexibility index (Phi) is 4.13. The van der Waals surface area contributed by atoms with E-state index in [4.69, 9.17) is 0 Å². The first kappa shape index (κ1) is 13.1. The summed E-state index contributed by atoms with van der Waals surface area (Å²) in [5.74, 6) is 0. The lowest BCUT2D eigenvalue weighted by molar-refractivity contribution is 0.625. The Bertz CT molecular complexity index is 669. The van der Waals surface area contributed by atoms with E-state index in [1.54, 1.807) is 18.5 Å². The lowest BCUT2D eigenvalue weighted by Gasteiger charge is -2.07. The van der Waals surface area contributed by atoms with Gasteiger partial charge < -0.3 is 9.13 Å². The highest BCUT2D eigenvalue weighted by Gasteiger charge is 2.03. The molecule has 2 aromatic rings. The summed E-state index contributed by atoms with van der Waals surface area (Å²) in [5, 5.41) is 0. The van der Waals surface area contributed by atoms with Crippen molar-refractivity contribution in [2.45, 2.75) is 19.5 Å². The summed E-state index contributed by atoms with van der Waals surface area (Å²) in [6.45, 7) is 4.42. The molecule has 0 fully saturated rings. The lowest BCUT2D eigenvalue weighted by atomic mass is 10.1. The molecule has 0 unspecified atom stereocenters. The number of benzene rings is 1. The zero-order valence-corrected chi connectivity index (χ0v) is 10.7. The van der Waals surface area contributed by atoms with E-state index in [0.717, 1.165) is 12.0 Å². The predicted molar refractivity (Wildman–Crippen MR) is 75.3 cm³/mol. The van der Waals surface area contributed by atoms with Crippen molar-refractivity contribution in [3.05, 3.63) is 81.7 Å². The molecule has 0 saturated carbocycles. The van der Waals surface area contributed by atoms with Crippen LogP contribution in [0, 0.1) is 0 Å². The van der Waals surface area contributed by atoms with Crippen molar-refractivity contribution in [2.75, 3.05) is 0 Å². The maximum absolute atomic E-state index is 11.9. The first-order valence-electron chi connectivity index (χ1n) is 6.17. The minimum absolute atomic E-state index is 0.355. The molecule has 0 amide bonds. The second-order valence-electron chi connectivity index (χ2n) is 4.28. The summed E-state index contributed by atoms with van der Waals surface area (Å²) in [4.78, 5) is 23.7. The van der Waals surface area contributed by atoms with Gasteiger partial charge in [0.1, 0.15) is 0 Å². The highest BCUT2D eigenvalue weighted by Crippen LogP contribution is 2.00. The number of hydrogen-bond donors (Lipinski definition) is 0. The van der Waals surface area contributed by atoms with Gasteiger partial charge in [0.25, 0.3) is 0 Å². The summed E-state index contributed by atoms with van der Waals surface area (Å²) in [6, 6.07) is 9.88. The van der Waals surface area contributed by atoms with Crippen molar-refractivity contribution in [3.8, 4) is 0 Å². The fraction of sp³-hybridized carbons (Fsp3) is 0.200. The van der Waals surface area contributed by atoms with Gasteiger partial charge in [0, 0.05) is 25.5 Å². The Morgan fingerprint density at radius 2 is 1.63 bits per heavy atom. The molecular weight excluding hydrogens is 240 g/mol. The van der Waals surface area contributed by atoms with Gasteiger partial charge in [-0.2, -0.15) is 0 Å². The number of aryl methyl sites for hydroxylation is 2. The van der Waals surface area contributed by atoms with Crippen LogP contribution >= 0.6 is 0 Å². The molecule has 1 aromatic heterocycles. The summed E-state index contributed by atoms with van der Waals surface area (Å²) >= 11 is 0. The van der Waals surface area contributed by atoms with Crippen LogP contribution < -0.4 is 11.1 Å². The smallest absolute Gasteiger partial charge is 0.309 e. The zero-order valence-electron chi connectivity index (χ0n) is 10.7. The quantitative estimate of drug-likeness (QED) is 0.600. The molecule has 1 aromatic carbocycles. The summed E-state index contributed by atoms with van der Waals surface area (Å²) in [6.07, 6.45) is 5.59. The minimum atomic E-state index is -0.504. The molecule has 0 aliphatic heterocycles. The molecule has 0 saturated heterocycles. The maximum atomic E-state index is 11.9. The van der Waals surface area contributed by atoms with Gasteiger partial charge >= 0.3 is 11.1 Å². The number of allylic oxidation sites excluding steroid dienone is 1. The standard InChI is InChI=1S/C15H16N2O2/c1-2-9-16-11-12-17(15(19)14(16)18)10-8-13-6-4-3-5-7-13/h2-7,11-12H,1,8-10H2. The normalized spacial score (nSPS) is 10.3. The van der Waals surface area contributed by atoms with E-state index < -0.39 is 11.1 Å².